The predicted molar refractivity (Wildman–Crippen MR) is 67.2 cm³/mol. The van der Waals surface area contributed by atoms with Gasteiger partial charge in [0, 0.05) is 19.6 Å². The summed E-state index contributed by atoms with van der Waals surface area (Å²) in [7, 11) is 0. The first-order chi connectivity index (χ1) is 8.06. The van der Waals surface area contributed by atoms with Gasteiger partial charge in [-0.3, -0.25) is 4.79 Å². The van der Waals surface area contributed by atoms with Gasteiger partial charge < -0.3 is 10.2 Å². The van der Waals surface area contributed by atoms with Crippen LogP contribution in [0.1, 0.15) is 27.2 Å². The van der Waals surface area contributed by atoms with Crippen molar-refractivity contribution in [2.24, 2.45) is 17.8 Å². The van der Waals surface area contributed by atoms with Crippen molar-refractivity contribution in [3.05, 3.63) is 0 Å². The normalized spacial score (nSPS) is 23.7. The lowest BCUT2D eigenvalue weighted by Gasteiger charge is -2.27. The second kappa shape index (κ2) is 6.61. The molecule has 0 aliphatic carbocycles. The van der Waals surface area contributed by atoms with Gasteiger partial charge in [0.15, 0.2) is 0 Å². The molecule has 1 rings (SSSR count). The number of rotatable bonds is 5. The van der Waals surface area contributed by atoms with Crippen LogP contribution in [0.2, 0.25) is 0 Å². The smallest absolute Gasteiger partial charge is 0.227 e. The zero-order valence-corrected chi connectivity index (χ0v) is 11.1. The SMILES string of the molecule is CC(C)CN(CCC#N)C(=O)[C@@H]1CNC[C@H]1C. The Hall–Kier alpha value is -1.08. The van der Waals surface area contributed by atoms with Gasteiger partial charge in [0.2, 0.25) is 5.91 Å². The maximum absolute atomic E-state index is 12.4. The lowest BCUT2D eigenvalue weighted by molar-refractivity contribution is -0.136. The van der Waals surface area contributed by atoms with E-state index < -0.39 is 0 Å². The van der Waals surface area contributed by atoms with E-state index >= 15 is 0 Å². The van der Waals surface area contributed by atoms with E-state index in [1.165, 1.54) is 0 Å². The molecule has 1 aliphatic heterocycles. The first kappa shape index (κ1) is 14.0. The molecule has 0 saturated carbocycles. The van der Waals surface area contributed by atoms with Crippen LogP contribution >= 0.6 is 0 Å². The van der Waals surface area contributed by atoms with E-state index in [1.807, 2.05) is 4.90 Å². The van der Waals surface area contributed by atoms with Crippen molar-refractivity contribution in [2.75, 3.05) is 26.2 Å². The van der Waals surface area contributed by atoms with Gasteiger partial charge in [0.1, 0.15) is 0 Å². The summed E-state index contributed by atoms with van der Waals surface area (Å²) in [6.07, 6.45) is 0.424. The van der Waals surface area contributed by atoms with Crippen LogP contribution < -0.4 is 5.32 Å². The minimum absolute atomic E-state index is 0.0902. The molecule has 0 unspecified atom stereocenters. The Morgan fingerprint density at radius 1 is 1.53 bits per heavy atom. The van der Waals surface area contributed by atoms with E-state index in [4.69, 9.17) is 5.26 Å². The molecule has 0 bridgehead atoms. The van der Waals surface area contributed by atoms with Crippen LogP contribution in [-0.2, 0) is 4.79 Å². The Labute approximate surface area is 104 Å². The highest BCUT2D eigenvalue weighted by Crippen LogP contribution is 2.19. The van der Waals surface area contributed by atoms with Gasteiger partial charge in [-0.15, -0.1) is 0 Å². The average molecular weight is 237 g/mol. The van der Waals surface area contributed by atoms with Crippen molar-refractivity contribution < 1.29 is 4.79 Å². The summed E-state index contributed by atoms with van der Waals surface area (Å²) in [4.78, 5) is 14.2. The maximum Gasteiger partial charge on any atom is 0.227 e. The van der Waals surface area contributed by atoms with Crippen molar-refractivity contribution in [2.45, 2.75) is 27.2 Å². The highest BCUT2D eigenvalue weighted by Gasteiger charge is 2.32. The summed E-state index contributed by atoms with van der Waals surface area (Å²) in [5, 5.41) is 11.9. The van der Waals surface area contributed by atoms with Crippen molar-refractivity contribution in [3.63, 3.8) is 0 Å². The third-order valence-electron chi connectivity index (χ3n) is 3.23. The summed E-state index contributed by atoms with van der Waals surface area (Å²) in [6, 6.07) is 2.12. The predicted octanol–water partition coefficient (Wildman–Crippen LogP) is 1.24. The number of amides is 1. The van der Waals surface area contributed by atoms with Crippen LogP contribution in [0.5, 0.6) is 0 Å². The third-order valence-corrected chi connectivity index (χ3v) is 3.23. The number of nitrogens with zero attached hydrogens (tertiary/aromatic N) is 2. The quantitative estimate of drug-likeness (QED) is 0.782. The molecule has 0 radical (unpaired) electrons. The summed E-state index contributed by atoms with van der Waals surface area (Å²) < 4.78 is 0. The minimum atomic E-state index is 0.0902. The standard InChI is InChI=1S/C13H23N3O/c1-10(2)9-16(6-4-5-14)13(17)12-8-15-7-11(12)3/h10-12,15H,4,6-9H2,1-3H3/t11-,12-/m1/s1. The van der Waals surface area contributed by atoms with Gasteiger partial charge in [-0.1, -0.05) is 20.8 Å². The average Bonchev–Trinajstić information content (AvgIpc) is 2.69. The molecule has 2 atom stereocenters. The Bertz CT molecular complexity index is 296. The molecule has 17 heavy (non-hydrogen) atoms. The number of nitriles is 1. The number of hydrogen-bond acceptors (Lipinski definition) is 3. The minimum Gasteiger partial charge on any atom is -0.341 e. The summed E-state index contributed by atoms with van der Waals surface area (Å²) in [5.74, 6) is 1.15. The van der Waals surface area contributed by atoms with Crippen LogP contribution in [0, 0.1) is 29.1 Å². The van der Waals surface area contributed by atoms with Crippen molar-refractivity contribution in [1.82, 2.24) is 10.2 Å². The largest absolute Gasteiger partial charge is 0.341 e. The van der Waals surface area contributed by atoms with E-state index in [0.717, 1.165) is 19.6 Å². The van der Waals surface area contributed by atoms with Gasteiger partial charge in [-0.05, 0) is 18.4 Å². The zero-order chi connectivity index (χ0) is 12.8. The molecule has 1 fully saturated rings. The molecule has 0 spiro atoms. The number of carbonyl (C=O) groups excluding carboxylic acids is 1. The number of nitrogens with one attached hydrogen (secondary N) is 1. The van der Waals surface area contributed by atoms with E-state index in [9.17, 15) is 4.79 Å². The monoisotopic (exact) mass is 237 g/mol. The summed E-state index contributed by atoms with van der Waals surface area (Å²) in [5.41, 5.74) is 0. The lowest BCUT2D eigenvalue weighted by Crippen LogP contribution is -2.41. The Balaban J connectivity index is 2.61. The Morgan fingerprint density at radius 2 is 2.24 bits per heavy atom. The molecule has 1 heterocycles. The highest BCUT2D eigenvalue weighted by molar-refractivity contribution is 5.79. The molecule has 96 valence electrons. The molecular weight excluding hydrogens is 214 g/mol. The van der Waals surface area contributed by atoms with Crippen molar-refractivity contribution in [1.29, 1.82) is 5.26 Å². The van der Waals surface area contributed by atoms with Gasteiger partial charge in [-0.25, -0.2) is 0 Å². The molecule has 4 heteroatoms. The summed E-state index contributed by atoms with van der Waals surface area (Å²) in [6.45, 7) is 9.33. The van der Waals surface area contributed by atoms with Crippen molar-refractivity contribution in [3.8, 4) is 6.07 Å². The second-order valence-electron chi connectivity index (χ2n) is 5.33. The molecule has 0 aromatic rings. The van der Waals surface area contributed by atoms with Crippen LogP contribution in [0.25, 0.3) is 0 Å². The molecular formula is C13H23N3O. The van der Waals surface area contributed by atoms with Gasteiger partial charge in [0.05, 0.1) is 18.4 Å². The first-order valence-electron chi connectivity index (χ1n) is 6.42. The van der Waals surface area contributed by atoms with E-state index in [0.29, 0.717) is 24.8 Å². The Morgan fingerprint density at radius 3 is 2.71 bits per heavy atom. The van der Waals surface area contributed by atoms with Crippen LogP contribution in [0.3, 0.4) is 0 Å². The topological polar surface area (TPSA) is 56.1 Å². The molecule has 1 aliphatic rings. The fourth-order valence-electron chi connectivity index (χ4n) is 2.29. The third kappa shape index (κ3) is 4.01. The van der Waals surface area contributed by atoms with Crippen molar-refractivity contribution >= 4 is 5.91 Å². The van der Waals surface area contributed by atoms with E-state index in [-0.39, 0.29) is 11.8 Å². The first-order valence-corrected chi connectivity index (χ1v) is 6.42. The second-order valence-corrected chi connectivity index (χ2v) is 5.33. The molecule has 0 aromatic carbocycles. The summed E-state index contributed by atoms with van der Waals surface area (Å²) >= 11 is 0. The molecule has 0 aromatic heterocycles. The molecule has 1 saturated heterocycles. The molecule has 4 nitrogen and oxygen atoms in total. The highest BCUT2D eigenvalue weighted by atomic mass is 16.2. The van der Waals surface area contributed by atoms with E-state index in [2.05, 4.69) is 32.2 Å². The van der Waals surface area contributed by atoms with Crippen LogP contribution in [-0.4, -0.2) is 37.0 Å². The molecule has 1 N–H and O–H groups in total. The lowest BCUT2D eigenvalue weighted by atomic mass is 9.96. The molecule has 1 amide bonds. The Kier molecular flexibility index (Phi) is 5.43. The number of carbonyl (C=O) groups is 1. The zero-order valence-electron chi connectivity index (χ0n) is 11.1. The fourth-order valence-corrected chi connectivity index (χ4v) is 2.29. The van der Waals surface area contributed by atoms with Gasteiger partial charge in [-0.2, -0.15) is 5.26 Å². The number of hydrogen-bond donors (Lipinski definition) is 1. The van der Waals surface area contributed by atoms with Crippen LogP contribution in [0.15, 0.2) is 0 Å². The van der Waals surface area contributed by atoms with Gasteiger partial charge in [0.25, 0.3) is 0 Å². The maximum atomic E-state index is 12.4. The fraction of sp³-hybridized carbons (Fsp3) is 0.846. The van der Waals surface area contributed by atoms with Crippen LogP contribution in [0.4, 0.5) is 0 Å². The van der Waals surface area contributed by atoms with Gasteiger partial charge >= 0.3 is 0 Å². The van der Waals surface area contributed by atoms with E-state index in [1.54, 1.807) is 0 Å².